The topological polar surface area (TPSA) is 41.1 Å². The molecule has 0 spiro atoms. The van der Waals surface area contributed by atoms with E-state index in [4.69, 9.17) is 11.6 Å². The number of halogens is 1. The summed E-state index contributed by atoms with van der Waals surface area (Å²) in [6, 6.07) is 14.2. The third-order valence-electron chi connectivity index (χ3n) is 5.38. The Kier molecular flexibility index (Phi) is 4.73. The maximum atomic E-state index is 12.7. The van der Waals surface area contributed by atoms with E-state index in [0.717, 1.165) is 29.1 Å². The molecule has 1 aliphatic carbocycles. The van der Waals surface area contributed by atoms with Crippen molar-refractivity contribution in [1.29, 1.82) is 0 Å². The summed E-state index contributed by atoms with van der Waals surface area (Å²) in [4.78, 5) is 12.7. The van der Waals surface area contributed by atoms with E-state index in [1.54, 1.807) is 0 Å². The van der Waals surface area contributed by atoms with Gasteiger partial charge < -0.3 is 10.6 Å². The normalized spacial score (nSPS) is 23.1. The molecule has 4 rings (SSSR count). The Morgan fingerprint density at radius 2 is 2.12 bits per heavy atom. The van der Waals surface area contributed by atoms with Crippen LogP contribution in [0.3, 0.4) is 0 Å². The molecule has 3 nitrogen and oxygen atoms in total. The summed E-state index contributed by atoms with van der Waals surface area (Å²) in [7, 11) is 0. The highest BCUT2D eigenvalue weighted by atomic mass is 35.5. The highest BCUT2D eigenvalue weighted by molar-refractivity contribution is 6.30. The van der Waals surface area contributed by atoms with Crippen LogP contribution in [-0.2, 0) is 0 Å². The van der Waals surface area contributed by atoms with E-state index in [9.17, 15) is 4.79 Å². The van der Waals surface area contributed by atoms with Crippen molar-refractivity contribution in [2.45, 2.75) is 31.7 Å². The minimum absolute atomic E-state index is 0.0125. The van der Waals surface area contributed by atoms with Gasteiger partial charge in [-0.1, -0.05) is 54.9 Å². The third-order valence-corrected chi connectivity index (χ3v) is 5.62. The number of benzene rings is 2. The molecule has 2 aromatic rings. The van der Waals surface area contributed by atoms with Gasteiger partial charge in [0, 0.05) is 17.5 Å². The minimum atomic E-state index is -0.0125. The van der Waals surface area contributed by atoms with E-state index < -0.39 is 0 Å². The molecule has 3 atom stereocenters. The minimum Gasteiger partial charge on any atom is -0.377 e. The van der Waals surface area contributed by atoms with Crippen LogP contribution in [0.5, 0.6) is 0 Å². The van der Waals surface area contributed by atoms with E-state index in [2.05, 4.69) is 41.8 Å². The predicted octanol–water partition coefficient (Wildman–Crippen LogP) is 5.31. The first-order valence-electron chi connectivity index (χ1n) is 9.29. The number of carbonyl (C=O) groups excluding carboxylic acids is 1. The fraction of sp³-hybridized carbons (Fsp3) is 0.318. The second-order valence-electron chi connectivity index (χ2n) is 7.06. The summed E-state index contributed by atoms with van der Waals surface area (Å²) in [6.07, 6.45) is 6.50. The molecule has 134 valence electrons. The van der Waals surface area contributed by atoms with Crippen LogP contribution in [0.1, 0.15) is 53.2 Å². The van der Waals surface area contributed by atoms with Gasteiger partial charge in [0.1, 0.15) is 0 Å². The number of para-hydroxylation sites is 1. The van der Waals surface area contributed by atoms with Gasteiger partial charge in [0.05, 0.1) is 17.3 Å². The maximum absolute atomic E-state index is 12.7. The van der Waals surface area contributed by atoms with Gasteiger partial charge >= 0.3 is 0 Å². The standard InChI is InChI=1S/C22H23ClN2O/c1-2-12-24-22(26)19-11-5-10-18-16-8-4-9-17(16)20(25-21(18)19)14-6-3-7-15(23)13-14/h3-8,10-11,13,16-17,20,25H,2,9,12H2,1H3,(H,24,26). The van der Waals surface area contributed by atoms with Crippen LogP contribution in [-0.4, -0.2) is 12.5 Å². The number of rotatable bonds is 4. The fourth-order valence-electron chi connectivity index (χ4n) is 4.17. The molecule has 0 bridgehead atoms. The summed E-state index contributed by atoms with van der Waals surface area (Å²) in [5.74, 6) is 0.755. The Morgan fingerprint density at radius 1 is 1.27 bits per heavy atom. The molecule has 3 unspecified atom stereocenters. The molecule has 0 aromatic heterocycles. The average molecular weight is 367 g/mol. The van der Waals surface area contributed by atoms with Crippen molar-refractivity contribution in [2.24, 2.45) is 5.92 Å². The van der Waals surface area contributed by atoms with Gasteiger partial charge in [-0.15, -0.1) is 0 Å². The molecule has 4 heteroatoms. The van der Waals surface area contributed by atoms with Crippen molar-refractivity contribution in [3.8, 4) is 0 Å². The van der Waals surface area contributed by atoms with Crippen LogP contribution < -0.4 is 10.6 Å². The lowest BCUT2D eigenvalue weighted by atomic mass is 9.76. The lowest BCUT2D eigenvalue weighted by molar-refractivity contribution is 0.0954. The van der Waals surface area contributed by atoms with E-state index in [1.165, 1.54) is 11.1 Å². The maximum Gasteiger partial charge on any atom is 0.253 e. The highest BCUT2D eigenvalue weighted by Crippen LogP contribution is 2.50. The van der Waals surface area contributed by atoms with Gasteiger partial charge in [-0.05, 0) is 48.1 Å². The van der Waals surface area contributed by atoms with Gasteiger partial charge in [0.2, 0.25) is 0 Å². The summed E-state index contributed by atoms with van der Waals surface area (Å²) >= 11 is 6.24. The monoisotopic (exact) mass is 366 g/mol. The van der Waals surface area contributed by atoms with Crippen LogP contribution in [0.2, 0.25) is 5.02 Å². The summed E-state index contributed by atoms with van der Waals surface area (Å²) in [5.41, 5.74) is 4.07. The van der Waals surface area contributed by atoms with Crippen LogP contribution in [0.25, 0.3) is 0 Å². The Bertz CT molecular complexity index is 861. The van der Waals surface area contributed by atoms with E-state index >= 15 is 0 Å². The molecule has 1 aliphatic heterocycles. The quantitative estimate of drug-likeness (QED) is 0.720. The van der Waals surface area contributed by atoms with Gasteiger partial charge in [-0.3, -0.25) is 4.79 Å². The first-order valence-corrected chi connectivity index (χ1v) is 9.66. The number of fused-ring (bicyclic) bond motifs is 3. The first kappa shape index (κ1) is 17.2. The molecule has 2 aliphatic rings. The molecule has 0 saturated heterocycles. The second kappa shape index (κ2) is 7.16. The van der Waals surface area contributed by atoms with Crippen LogP contribution in [0.15, 0.2) is 54.6 Å². The zero-order valence-electron chi connectivity index (χ0n) is 14.8. The van der Waals surface area contributed by atoms with Crippen molar-refractivity contribution in [3.63, 3.8) is 0 Å². The SMILES string of the molecule is CCCNC(=O)c1cccc2c1NC(c1cccc(Cl)c1)C1CC=CC21. The first-order chi connectivity index (χ1) is 12.7. The molecule has 1 heterocycles. The molecule has 0 fully saturated rings. The highest BCUT2D eigenvalue weighted by Gasteiger charge is 2.39. The molecule has 0 radical (unpaired) electrons. The lowest BCUT2D eigenvalue weighted by Crippen LogP contribution is -2.32. The van der Waals surface area contributed by atoms with E-state index in [1.807, 2.05) is 30.3 Å². The van der Waals surface area contributed by atoms with Gasteiger partial charge in [-0.25, -0.2) is 0 Å². The van der Waals surface area contributed by atoms with E-state index in [-0.39, 0.29) is 11.9 Å². The van der Waals surface area contributed by atoms with Crippen molar-refractivity contribution >= 4 is 23.2 Å². The molecule has 0 saturated carbocycles. The van der Waals surface area contributed by atoms with Crippen molar-refractivity contribution < 1.29 is 4.79 Å². The predicted molar refractivity (Wildman–Crippen MR) is 107 cm³/mol. The fourth-order valence-corrected chi connectivity index (χ4v) is 4.37. The van der Waals surface area contributed by atoms with Gasteiger partial charge in [-0.2, -0.15) is 0 Å². The van der Waals surface area contributed by atoms with Crippen molar-refractivity contribution in [2.75, 3.05) is 11.9 Å². The molecular weight excluding hydrogens is 344 g/mol. The molecule has 26 heavy (non-hydrogen) atoms. The number of anilines is 1. The number of carbonyl (C=O) groups is 1. The van der Waals surface area contributed by atoms with Gasteiger partial charge in [0.15, 0.2) is 0 Å². The second-order valence-corrected chi connectivity index (χ2v) is 7.49. The zero-order valence-corrected chi connectivity index (χ0v) is 15.6. The van der Waals surface area contributed by atoms with Crippen LogP contribution in [0.4, 0.5) is 5.69 Å². The summed E-state index contributed by atoms with van der Waals surface area (Å²) in [6.45, 7) is 2.74. The Labute approximate surface area is 159 Å². The van der Waals surface area contributed by atoms with Crippen molar-refractivity contribution in [1.82, 2.24) is 5.32 Å². The number of hydrogen-bond acceptors (Lipinski definition) is 2. The number of hydrogen-bond donors (Lipinski definition) is 2. The molecule has 2 N–H and O–H groups in total. The Balaban J connectivity index is 1.76. The lowest BCUT2D eigenvalue weighted by Gasteiger charge is -2.38. The molecular formula is C22H23ClN2O. The Morgan fingerprint density at radius 3 is 2.92 bits per heavy atom. The van der Waals surface area contributed by atoms with Crippen LogP contribution >= 0.6 is 11.6 Å². The zero-order chi connectivity index (χ0) is 18.1. The Hall–Kier alpha value is -2.26. The van der Waals surface area contributed by atoms with Crippen molar-refractivity contribution in [3.05, 3.63) is 76.3 Å². The van der Waals surface area contributed by atoms with E-state index in [0.29, 0.717) is 18.4 Å². The smallest absolute Gasteiger partial charge is 0.253 e. The number of amides is 1. The summed E-state index contributed by atoms with van der Waals surface area (Å²) in [5, 5.41) is 7.42. The van der Waals surface area contributed by atoms with Crippen LogP contribution in [0, 0.1) is 5.92 Å². The molecule has 2 aromatic carbocycles. The number of nitrogens with one attached hydrogen (secondary N) is 2. The molecule has 1 amide bonds. The summed E-state index contributed by atoms with van der Waals surface area (Å²) < 4.78 is 0. The number of allylic oxidation sites excluding steroid dienone is 2. The van der Waals surface area contributed by atoms with Gasteiger partial charge in [0.25, 0.3) is 5.91 Å². The third kappa shape index (κ3) is 3.01. The largest absolute Gasteiger partial charge is 0.377 e. The average Bonchev–Trinajstić information content (AvgIpc) is 3.15.